The highest BCUT2D eigenvalue weighted by atomic mass is 32.2. The Morgan fingerprint density at radius 3 is 2.33 bits per heavy atom. The van der Waals surface area contributed by atoms with Crippen LogP contribution in [0.2, 0.25) is 0 Å². The fourth-order valence-corrected chi connectivity index (χ4v) is 9.79. The third-order valence-electron chi connectivity index (χ3n) is 9.88. The predicted octanol–water partition coefficient (Wildman–Crippen LogP) is 4.15. The monoisotopic (exact) mass is 628 g/mol. The maximum absolute atomic E-state index is 14.9. The number of aliphatic hydroxyl groups is 1. The van der Waals surface area contributed by atoms with E-state index >= 15 is 0 Å². The molecule has 0 aliphatic carbocycles. The zero-order valence-corrected chi connectivity index (χ0v) is 27.2. The van der Waals surface area contributed by atoms with Gasteiger partial charge in [-0.2, -0.15) is 0 Å². The molecule has 4 aliphatic rings. The van der Waals surface area contributed by atoms with Crippen LogP contribution in [0, 0.1) is 11.8 Å². The van der Waals surface area contributed by atoms with Gasteiger partial charge in [-0.1, -0.05) is 61.6 Å². The van der Waals surface area contributed by atoms with Crippen LogP contribution in [0.15, 0.2) is 78.9 Å². The number of fused-ring (bicyclic) bond motifs is 2. The number of amides is 3. The first-order chi connectivity index (χ1) is 21.9. The maximum atomic E-state index is 14.9. The molecule has 0 radical (unpaired) electrons. The quantitative estimate of drug-likeness (QED) is 0.399. The Hall–Kier alpha value is -3.56. The van der Waals surface area contributed by atoms with Crippen LogP contribution >= 0.6 is 11.8 Å². The molecule has 0 aromatic heterocycles. The molecule has 1 N–H and O–H groups in total. The van der Waals surface area contributed by atoms with Gasteiger partial charge in [-0.15, -0.1) is 11.8 Å². The highest BCUT2D eigenvalue weighted by molar-refractivity contribution is 8.02. The summed E-state index contributed by atoms with van der Waals surface area (Å²) in [5.74, 6) is -1.70. The zero-order valence-electron chi connectivity index (χ0n) is 26.4. The number of carbonyl (C=O) groups excluding carboxylic acids is 3. The predicted molar refractivity (Wildman–Crippen MR) is 180 cm³/mol. The summed E-state index contributed by atoms with van der Waals surface area (Å²) in [4.78, 5) is 51.4. The average Bonchev–Trinajstić information content (AvgIpc) is 3.38. The molecule has 1 spiro atoms. The molecule has 6 atom stereocenters. The molecule has 9 heteroatoms. The number of rotatable bonds is 10. The van der Waals surface area contributed by atoms with Crippen LogP contribution in [-0.4, -0.2) is 94.0 Å². The Morgan fingerprint density at radius 2 is 1.67 bits per heavy atom. The number of likely N-dealkylation sites (tertiary alicyclic amines) is 1. The van der Waals surface area contributed by atoms with Crippen LogP contribution in [0.4, 0.5) is 11.4 Å². The van der Waals surface area contributed by atoms with Crippen molar-refractivity contribution in [2.24, 2.45) is 11.8 Å². The van der Waals surface area contributed by atoms with E-state index in [1.807, 2.05) is 84.6 Å². The molecule has 0 bridgehead atoms. The topological polar surface area (TPSA) is 84.4 Å². The normalized spacial score (nSPS) is 28.1. The summed E-state index contributed by atoms with van der Waals surface area (Å²) < 4.78 is -0.932. The lowest BCUT2D eigenvalue weighted by atomic mass is 9.78. The Kier molecular flexibility index (Phi) is 9.11. The summed E-state index contributed by atoms with van der Waals surface area (Å²) in [7, 11) is 0. The minimum absolute atomic E-state index is 0.0206. The van der Waals surface area contributed by atoms with Crippen molar-refractivity contribution in [3.8, 4) is 0 Å². The number of benzene rings is 2. The smallest absolute Gasteiger partial charge is 0.251 e. The Morgan fingerprint density at radius 1 is 0.933 bits per heavy atom. The standard InChI is InChI=1S/C36H44N4O4S/c1-4-20-38-21-10-14-29-30(33(38)42)31-34(43)40(28(24-41)23-25-12-8-7-9-13-25)32-35(44)39(22-11-19-36(31,32)45-29)27-17-15-26(16-18-27)37(5-2)6-3/h7-19,28-32,41H,4-6,20-24H2,1-3H3/t28-,29+,30-,31+,32?,36+/m1/s1. The highest BCUT2D eigenvalue weighted by Gasteiger charge is 2.71. The van der Waals surface area contributed by atoms with Crippen molar-refractivity contribution < 1.29 is 19.5 Å². The molecule has 4 heterocycles. The molecule has 0 saturated carbocycles. The lowest BCUT2D eigenvalue weighted by molar-refractivity contribution is -0.144. The molecule has 45 heavy (non-hydrogen) atoms. The average molecular weight is 629 g/mol. The SMILES string of the molecule is CCCN1CC=C[C@@H]2S[C@]34C=CCN(c5ccc(N(CC)CC)cc5)C(=O)C3N([C@@H](CO)Cc3ccccc3)C(=O)[C@@H]4[C@@H]2C1=O. The zero-order chi connectivity index (χ0) is 31.7. The molecule has 2 aromatic rings. The molecule has 2 saturated heterocycles. The van der Waals surface area contributed by atoms with E-state index in [0.717, 1.165) is 36.4 Å². The second kappa shape index (κ2) is 13.0. The molecule has 1 unspecified atom stereocenters. The fraction of sp³-hybridized carbons (Fsp3) is 0.472. The summed E-state index contributed by atoms with van der Waals surface area (Å²) in [6, 6.07) is 16.3. The van der Waals surface area contributed by atoms with E-state index in [9.17, 15) is 19.5 Å². The number of aliphatic hydroxyl groups excluding tert-OH is 1. The Balaban J connectivity index is 1.43. The number of carbonyl (C=O) groups is 3. The van der Waals surface area contributed by atoms with Crippen LogP contribution in [0.25, 0.3) is 0 Å². The lowest BCUT2D eigenvalue weighted by Gasteiger charge is -2.38. The summed E-state index contributed by atoms with van der Waals surface area (Å²) >= 11 is 1.58. The van der Waals surface area contributed by atoms with Crippen molar-refractivity contribution in [1.29, 1.82) is 0 Å². The van der Waals surface area contributed by atoms with Gasteiger partial charge in [0.2, 0.25) is 11.8 Å². The van der Waals surface area contributed by atoms with E-state index in [1.165, 1.54) is 0 Å². The third-order valence-corrected chi connectivity index (χ3v) is 11.6. The Labute approximate surface area is 270 Å². The van der Waals surface area contributed by atoms with Crippen molar-refractivity contribution >= 4 is 40.9 Å². The van der Waals surface area contributed by atoms with Gasteiger partial charge in [0.15, 0.2) is 0 Å². The van der Waals surface area contributed by atoms with Crippen LogP contribution in [-0.2, 0) is 20.8 Å². The molecule has 2 fully saturated rings. The fourth-order valence-electron chi connectivity index (χ4n) is 7.79. The molecule has 2 aromatic carbocycles. The van der Waals surface area contributed by atoms with E-state index in [4.69, 9.17) is 0 Å². The minimum atomic E-state index is -0.932. The van der Waals surface area contributed by atoms with Crippen molar-refractivity contribution in [1.82, 2.24) is 9.80 Å². The first-order valence-corrected chi connectivity index (χ1v) is 17.2. The second-order valence-corrected chi connectivity index (χ2v) is 13.9. The van der Waals surface area contributed by atoms with Crippen LogP contribution in [0.5, 0.6) is 0 Å². The number of nitrogens with zero attached hydrogens (tertiary/aromatic N) is 4. The minimum Gasteiger partial charge on any atom is -0.394 e. The first-order valence-electron chi connectivity index (χ1n) is 16.3. The van der Waals surface area contributed by atoms with Gasteiger partial charge in [-0.3, -0.25) is 14.4 Å². The van der Waals surface area contributed by atoms with Crippen LogP contribution in [0.3, 0.4) is 0 Å². The molecule has 238 valence electrons. The van der Waals surface area contributed by atoms with Gasteiger partial charge in [0, 0.05) is 49.3 Å². The number of anilines is 2. The number of hydrogen-bond acceptors (Lipinski definition) is 6. The van der Waals surface area contributed by atoms with Crippen molar-refractivity contribution in [3.63, 3.8) is 0 Å². The van der Waals surface area contributed by atoms with Gasteiger partial charge in [0.1, 0.15) is 6.04 Å². The molecular formula is C36H44N4O4S. The summed E-state index contributed by atoms with van der Waals surface area (Å²) in [5.41, 5.74) is 2.83. The third kappa shape index (κ3) is 5.37. The van der Waals surface area contributed by atoms with Crippen molar-refractivity contribution in [2.75, 3.05) is 49.1 Å². The number of hydrogen-bond donors (Lipinski definition) is 1. The molecule has 6 rings (SSSR count). The van der Waals surface area contributed by atoms with E-state index in [1.54, 1.807) is 21.6 Å². The summed E-state index contributed by atoms with van der Waals surface area (Å²) in [5, 5.41) is 10.6. The molecular weight excluding hydrogens is 584 g/mol. The highest BCUT2D eigenvalue weighted by Crippen LogP contribution is 2.61. The molecule has 8 nitrogen and oxygen atoms in total. The van der Waals surface area contributed by atoms with Crippen molar-refractivity contribution in [3.05, 3.63) is 84.5 Å². The Bertz CT molecular complexity index is 1460. The van der Waals surface area contributed by atoms with Crippen LogP contribution in [0.1, 0.15) is 32.8 Å². The molecule has 3 amide bonds. The summed E-state index contributed by atoms with van der Waals surface area (Å²) in [6.45, 7) is 9.29. The molecule has 4 aliphatic heterocycles. The van der Waals surface area contributed by atoms with Crippen LogP contribution < -0.4 is 9.80 Å². The largest absolute Gasteiger partial charge is 0.394 e. The van der Waals surface area contributed by atoms with E-state index in [2.05, 4.69) is 24.8 Å². The first kappa shape index (κ1) is 31.4. The van der Waals surface area contributed by atoms with Gasteiger partial charge >= 0.3 is 0 Å². The van der Waals surface area contributed by atoms with Gasteiger partial charge in [-0.05, 0) is 56.5 Å². The summed E-state index contributed by atoms with van der Waals surface area (Å²) in [6.07, 6.45) is 9.40. The number of thioether (sulfide) groups is 1. The lowest BCUT2D eigenvalue weighted by Crippen LogP contribution is -2.57. The maximum Gasteiger partial charge on any atom is 0.251 e. The van der Waals surface area contributed by atoms with E-state index in [-0.39, 0.29) is 29.6 Å². The van der Waals surface area contributed by atoms with Gasteiger partial charge in [-0.25, -0.2) is 0 Å². The second-order valence-electron chi connectivity index (χ2n) is 12.4. The van der Waals surface area contributed by atoms with E-state index in [0.29, 0.717) is 26.1 Å². The van der Waals surface area contributed by atoms with E-state index < -0.39 is 28.7 Å². The van der Waals surface area contributed by atoms with Crippen molar-refractivity contribution in [2.45, 2.75) is 55.7 Å². The van der Waals surface area contributed by atoms with Gasteiger partial charge in [0.05, 0.1) is 29.2 Å². The van der Waals surface area contributed by atoms with Gasteiger partial charge in [0.25, 0.3) is 5.91 Å². The van der Waals surface area contributed by atoms with Gasteiger partial charge < -0.3 is 24.7 Å².